The second-order valence-electron chi connectivity index (χ2n) is 3.68. The Morgan fingerprint density at radius 3 is 2.71 bits per heavy atom. The Bertz CT molecular complexity index is 289. The molecule has 0 amide bonds. The van der Waals surface area contributed by atoms with E-state index in [0.29, 0.717) is 0 Å². The van der Waals surface area contributed by atoms with Crippen LogP contribution in [0.1, 0.15) is 20.8 Å². The molecule has 0 spiro atoms. The average molecular weight is 199 g/mol. The molecule has 0 unspecified atom stereocenters. The molecule has 0 fully saturated rings. The Hall–Kier alpha value is -1.59. The van der Waals surface area contributed by atoms with Crippen molar-refractivity contribution in [2.45, 2.75) is 33.1 Å². The molecule has 0 saturated carbocycles. The van der Waals surface area contributed by atoms with Crippen molar-refractivity contribution >= 4 is 6.16 Å². The molecule has 6 nitrogen and oxygen atoms in total. The molecular formula is C8H13N3O3. The zero-order valence-corrected chi connectivity index (χ0v) is 8.43. The van der Waals surface area contributed by atoms with Gasteiger partial charge < -0.3 is 9.47 Å². The lowest BCUT2D eigenvalue weighted by Gasteiger charge is -2.18. The number of hydrogen-bond acceptors (Lipinski definition) is 5. The van der Waals surface area contributed by atoms with Crippen molar-refractivity contribution in [3.63, 3.8) is 0 Å². The fraction of sp³-hybridized carbons (Fsp3) is 0.625. The molecule has 1 heterocycles. The van der Waals surface area contributed by atoms with E-state index >= 15 is 0 Å². The monoisotopic (exact) mass is 199 g/mol. The van der Waals surface area contributed by atoms with E-state index < -0.39 is 11.8 Å². The third kappa shape index (κ3) is 3.88. The highest BCUT2D eigenvalue weighted by molar-refractivity contribution is 5.60. The third-order valence-corrected chi connectivity index (χ3v) is 1.18. The van der Waals surface area contributed by atoms with Crippen LogP contribution in [0, 0.1) is 0 Å². The third-order valence-electron chi connectivity index (χ3n) is 1.18. The number of carbonyl (C=O) groups is 1. The second kappa shape index (κ2) is 4.08. The molecule has 0 radical (unpaired) electrons. The fourth-order valence-corrected chi connectivity index (χ4v) is 0.700. The minimum absolute atomic E-state index is 0.00884. The van der Waals surface area contributed by atoms with E-state index in [1.807, 2.05) is 0 Å². The topological polar surface area (TPSA) is 66.2 Å². The van der Waals surface area contributed by atoms with Gasteiger partial charge in [-0.15, -0.1) is 5.10 Å². The van der Waals surface area contributed by atoms with Gasteiger partial charge in [0.25, 0.3) is 0 Å². The first kappa shape index (κ1) is 10.5. The van der Waals surface area contributed by atoms with E-state index in [1.165, 1.54) is 10.9 Å². The quantitative estimate of drug-likeness (QED) is 0.669. The van der Waals surface area contributed by atoms with Gasteiger partial charge in [-0.1, -0.05) is 5.21 Å². The molecular weight excluding hydrogens is 186 g/mol. The van der Waals surface area contributed by atoms with Gasteiger partial charge in [0, 0.05) is 6.20 Å². The summed E-state index contributed by atoms with van der Waals surface area (Å²) in [6, 6.07) is 0. The lowest BCUT2D eigenvalue weighted by atomic mass is 10.2. The summed E-state index contributed by atoms with van der Waals surface area (Å²) in [6.07, 6.45) is 2.37. The first-order valence-corrected chi connectivity index (χ1v) is 4.17. The number of nitrogens with zero attached hydrogens (tertiary/aromatic N) is 3. The van der Waals surface area contributed by atoms with Gasteiger partial charge in [0.15, 0.2) is 6.73 Å². The first-order valence-electron chi connectivity index (χ1n) is 4.17. The van der Waals surface area contributed by atoms with Gasteiger partial charge in [-0.2, -0.15) is 0 Å². The predicted octanol–water partition coefficient (Wildman–Crippen LogP) is 1.19. The van der Waals surface area contributed by atoms with Crippen LogP contribution in [0.4, 0.5) is 4.79 Å². The van der Waals surface area contributed by atoms with Crippen LogP contribution in [0.25, 0.3) is 0 Å². The Kier molecular flexibility index (Phi) is 3.06. The van der Waals surface area contributed by atoms with Gasteiger partial charge in [-0.25, -0.2) is 9.48 Å². The molecule has 1 rings (SSSR count). The molecule has 0 aliphatic carbocycles. The SMILES string of the molecule is CC(C)(C)OC(=O)OCn1ccnn1. The van der Waals surface area contributed by atoms with E-state index in [1.54, 1.807) is 27.0 Å². The Balaban J connectivity index is 2.29. The fourth-order valence-electron chi connectivity index (χ4n) is 0.700. The van der Waals surface area contributed by atoms with Gasteiger partial charge >= 0.3 is 6.16 Å². The summed E-state index contributed by atoms with van der Waals surface area (Å²) >= 11 is 0. The molecule has 0 saturated heterocycles. The Morgan fingerprint density at radius 1 is 1.50 bits per heavy atom. The molecule has 0 aromatic carbocycles. The van der Waals surface area contributed by atoms with Gasteiger partial charge in [-0.3, -0.25) is 0 Å². The molecule has 0 bridgehead atoms. The molecule has 1 aromatic heterocycles. The summed E-state index contributed by atoms with van der Waals surface area (Å²) in [5.74, 6) is 0. The molecule has 78 valence electrons. The van der Waals surface area contributed by atoms with Crippen LogP contribution < -0.4 is 0 Å². The maximum atomic E-state index is 11.0. The Labute approximate surface area is 81.8 Å². The second-order valence-corrected chi connectivity index (χ2v) is 3.68. The summed E-state index contributed by atoms with van der Waals surface area (Å²) in [4.78, 5) is 11.0. The van der Waals surface area contributed by atoms with Crippen molar-refractivity contribution in [2.24, 2.45) is 0 Å². The highest BCUT2D eigenvalue weighted by Crippen LogP contribution is 2.08. The molecule has 0 aliphatic rings. The van der Waals surface area contributed by atoms with Gasteiger partial charge in [-0.05, 0) is 20.8 Å². The molecule has 1 aromatic rings. The van der Waals surface area contributed by atoms with Gasteiger partial charge in [0.05, 0.1) is 6.20 Å². The van der Waals surface area contributed by atoms with Crippen molar-refractivity contribution in [1.82, 2.24) is 15.0 Å². The molecule has 6 heteroatoms. The molecule has 14 heavy (non-hydrogen) atoms. The van der Waals surface area contributed by atoms with Gasteiger partial charge in [0.1, 0.15) is 5.60 Å². The van der Waals surface area contributed by atoms with Crippen molar-refractivity contribution < 1.29 is 14.3 Å². The van der Waals surface area contributed by atoms with E-state index in [9.17, 15) is 4.79 Å². The standard InChI is InChI=1S/C8H13N3O3/c1-8(2,3)14-7(12)13-6-11-5-4-9-10-11/h4-5H,6H2,1-3H3. The number of carbonyl (C=O) groups excluding carboxylic acids is 1. The van der Waals surface area contributed by atoms with E-state index in [4.69, 9.17) is 9.47 Å². The normalized spacial score (nSPS) is 11.1. The Morgan fingerprint density at radius 2 is 2.21 bits per heavy atom. The number of aromatic nitrogens is 3. The van der Waals surface area contributed by atoms with Crippen molar-refractivity contribution in [2.75, 3.05) is 0 Å². The largest absolute Gasteiger partial charge is 0.510 e. The summed E-state index contributed by atoms with van der Waals surface area (Å²) in [7, 11) is 0. The lowest BCUT2D eigenvalue weighted by Crippen LogP contribution is -2.25. The van der Waals surface area contributed by atoms with E-state index in [2.05, 4.69) is 10.3 Å². The van der Waals surface area contributed by atoms with E-state index in [-0.39, 0.29) is 6.73 Å². The average Bonchev–Trinajstić information content (AvgIpc) is 2.49. The molecule has 0 aliphatic heterocycles. The van der Waals surface area contributed by atoms with Crippen LogP contribution in [0.15, 0.2) is 12.4 Å². The maximum absolute atomic E-state index is 11.0. The summed E-state index contributed by atoms with van der Waals surface area (Å²) in [5.41, 5.74) is -0.542. The van der Waals surface area contributed by atoms with Crippen LogP contribution in [0.3, 0.4) is 0 Å². The molecule has 0 atom stereocenters. The number of hydrogen-bond donors (Lipinski definition) is 0. The first-order chi connectivity index (χ1) is 6.47. The van der Waals surface area contributed by atoms with E-state index in [0.717, 1.165) is 0 Å². The van der Waals surface area contributed by atoms with Gasteiger partial charge in [0.2, 0.25) is 0 Å². The number of rotatable bonds is 2. The van der Waals surface area contributed by atoms with Crippen molar-refractivity contribution in [3.8, 4) is 0 Å². The minimum Gasteiger partial charge on any atom is -0.429 e. The van der Waals surface area contributed by atoms with Crippen LogP contribution in [-0.4, -0.2) is 26.8 Å². The highest BCUT2D eigenvalue weighted by Gasteiger charge is 2.17. The summed E-state index contributed by atoms with van der Waals surface area (Å²) in [6.45, 7) is 5.31. The van der Waals surface area contributed by atoms with Crippen LogP contribution in [0.2, 0.25) is 0 Å². The maximum Gasteiger partial charge on any atom is 0.510 e. The minimum atomic E-state index is -0.715. The van der Waals surface area contributed by atoms with Crippen LogP contribution in [-0.2, 0) is 16.2 Å². The van der Waals surface area contributed by atoms with Crippen LogP contribution in [0.5, 0.6) is 0 Å². The lowest BCUT2D eigenvalue weighted by molar-refractivity contribution is -0.0225. The predicted molar refractivity (Wildman–Crippen MR) is 47.3 cm³/mol. The highest BCUT2D eigenvalue weighted by atomic mass is 16.7. The van der Waals surface area contributed by atoms with Crippen molar-refractivity contribution in [1.29, 1.82) is 0 Å². The summed E-state index contributed by atoms with van der Waals surface area (Å²) < 4.78 is 11.1. The van der Waals surface area contributed by atoms with Crippen molar-refractivity contribution in [3.05, 3.63) is 12.4 Å². The smallest absolute Gasteiger partial charge is 0.429 e. The number of ether oxygens (including phenoxy) is 2. The van der Waals surface area contributed by atoms with Crippen LogP contribution >= 0.6 is 0 Å². The zero-order chi connectivity index (χ0) is 10.6. The summed E-state index contributed by atoms with van der Waals surface area (Å²) in [5, 5.41) is 7.17. The molecule has 0 N–H and O–H groups in total. The zero-order valence-electron chi connectivity index (χ0n) is 8.43.